The Bertz CT molecular complexity index is 9230. The SMILES string of the molecule is CCC(=O)Nc1cncc(-c2cnc3n[nH]c(-c4nc5c(-c6ccc(F)cc6)cncc5[nH]4)c3c2)c1.CCC(=O)Nc1cncc(-c2cnc3n[nH]c(-c4nc5c(-c6cccc(F)c6)cncc5[nH]4)c3c2)c1.CCC(=O)Nc1cncc(-c2cnc3n[nH]c(-c4nc5c(-c6ccccc6F)cncc5[nH]4)c3c2)c1.O=C(Nc1cncc(-c2cnc3n[nH]c(-c4nc5c(-c6cccc(F)c6)cncc5[nH]4)c3c2)c1)N1CCOCC1. The first-order chi connectivity index (χ1) is 72.4. The molecule has 24 aromatic rings. The highest BCUT2D eigenvalue weighted by molar-refractivity contribution is 6.04. The molecule has 148 heavy (non-hydrogen) atoms. The number of fused-ring (bicyclic) bond motifs is 8. The zero-order valence-electron chi connectivity index (χ0n) is 78.3. The number of carbonyl (C=O) groups excluding carboxylic acids is 4. The summed E-state index contributed by atoms with van der Waals surface area (Å²) >= 11 is 0. The fraction of sp³-hybridized carbons (Fsp3) is 0.0943. The molecule has 0 bridgehead atoms. The molecule has 0 radical (unpaired) electrons. The number of ether oxygens (including phenoxy) is 1. The molecule has 38 nitrogen and oxygen atoms in total. The van der Waals surface area contributed by atoms with Crippen molar-refractivity contribution in [1.29, 1.82) is 0 Å². The molecule has 1 saturated heterocycles. The fourth-order valence-electron chi connectivity index (χ4n) is 17.0. The lowest BCUT2D eigenvalue weighted by Crippen LogP contribution is -2.43. The first-order valence-electron chi connectivity index (χ1n) is 46.5. The number of pyridine rings is 12. The van der Waals surface area contributed by atoms with Crippen LogP contribution >= 0.6 is 0 Å². The molecular weight excluding hydrogens is 1890 g/mol. The summed E-state index contributed by atoms with van der Waals surface area (Å²) in [5.74, 6) is 0.638. The number of hydrogen-bond acceptors (Lipinski definition) is 25. The van der Waals surface area contributed by atoms with Gasteiger partial charge in [0.2, 0.25) is 17.7 Å². The standard InChI is InChI=1S/C28H22FN9O2.3C26H19FN8O/c29-19-3-1-2-16(8-19)22-14-31-15-23-24(22)35-27(34-23)25-21-10-18(12-32-26(21)37-36-25)17-9-20(13-30-11-17)33-28(39)38-4-6-40-7-5-38;1-2-22(36)31-18-7-15(9-28-11-18)16-8-19-24(34-35-25(19)30-10-16)26-32-21-13-29-12-20(23(21)33-26)14-3-5-17(27)6-4-14;1-2-22(36)31-18-7-15(9-28-11-18)16-8-19-24(34-35-25(19)30-10-16)26-32-21-13-29-12-20(23(21)33-26)14-4-3-5-17(27)6-14;1-2-22(36)31-16-7-14(9-28-11-16)15-8-18-24(34-35-25(18)30-10-15)26-32-21-13-29-12-19(23(21)33-26)17-5-3-4-6-20(17)27/h1-3,8-15H,4-7H2,(H,33,39)(H,34,35)(H,32,36,37);3*3-13H,2H2,1H3,(H,31,36)(H,32,33)(H,30,34,35). The smallest absolute Gasteiger partial charge is 0.322 e. The van der Waals surface area contributed by atoms with Crippen LogP contribution in [0.4, 0.5) is 45.1 Å². The number of nitrogens with one attached hydrogen (secondary N) is 12. The third-order valence-corrected chi connectivity index (χ3v) is 24.4. The number of anilines is 4. The maximum Gasteiger partial charge on any atom is 0.322 e. The Balaban J connectivity index is 0.000000112. The summed E-state index contributed by atoms with van der Waals surface area (Å²) in [6.07, 6.45) is 34.6. The third-order valence-electron chi connectivity index (χ3n) is 24.4. The van der Waals surface area contributed by atoms with Gasteiger partial charge in [0.1, 0.15) is 51.6 Å². The predicted molar refractivity (Wildman–Crippen MR) is 550 cm³/mol. The first-order valence-corrected chi connectivity index (χ1v) is 46.5. The van der Waals surface area contributed by atoms with Crippen LogP contribution in [0, 0.1) is 23.3 Å². The number of halogens is 4. The number of aromatic nitrogens is 28. The summed E-state index contributed by atoms with van der Waals surface area (Å²) in [7, 11) is 0. The van der Waals surface area contributed by atoms with Crippen molar-refractivity contribution >= 4 is 135 Å². The highest BCUT2D eigenvalue weighted by atomic mass is 19.1. The van der Waals surface area contributed by atoms with Crippen LogP contribution in [0.5, 0.6) is 0 Å². The number of urea groups is 1. The van der Waals surface area contributed by atoms with Gasteiger partial charge in [0.25, 0.3) is 0 Å². The maximum atomic E-state index is 14.5. The number of H-pyrrole nitrogens is 8. The van der Waals surface area contributed by atoms with E-state index in [9.17, 15) is 36.7 Å². The van der Waals surface area contributed by atoms with Crippen LogP contribution in [-0.4, -0.2) is 195 Å². The fourth-order valence-corrected chi connectivity index (χ4v) is 17.0. The molecule has 42 heteroatoms. The van der Waals surface area contributed by atoms with Crippen molar-refractivity contribution in [2.75, 3.05) is 47.6 Å². The van der Waals surface area contributed by atoms with Crippen LogP contribution in [0.3, 0.4) is 0 Å². The normalized spacial score (nSPS) is 11.9. The average Bonchev–Trinajstić information content (AvgIpc) is 1.62. The van der Waals surface area contributed by atoms with Crippen molar-refractivity contribution in [3.8, 4) is 135 Å². The molecule has 1 fully saturated rings. The lowest BCUT2D eigenvalue weighted by atomic mass is 10.1. The summed E-state index contributed by atoms with van der Waals surface area (Å²) in [6, 6.07) is 40.4. The van der Waals surface area contributed by atoms with E-state index >= 15 is 0 Å². The van der Waals surface area contributed by atoms with Crippen molar-refractivity contribution in [3.63, 3.8) is 0 Å². The third kappa shape index (κ3) is 19.3. The summed E-state index contributed by atoms with van der Waals surface area (Å²) in [6.45, 7) is 7.52. The Morgan fingerprint density at radius 1 is 0.304 bits per heavy atom. The van der Waals surface area contributed by atoms with Crippen LogP contribution in [0.2, 0.25) is 0 Å². The van der Waals surface area contributed by atoms with Gasteiger partial charge in [-0.3, -0.25) is 74.7 Å². The highest BCUT2D eigenvalue weighted by Gasteiger charge is 2.26. The van der Waals surface area contributed by atoms with E-state index in [1.807, 2.05) is 60.7 Å². The molecule has 0 spiro atoms. The van der Waals surface area contributed by atoms with Gasteiger partial charge >= 0.3 is 6.03 Å². The quantitative estimate of drug-likeness (QED) is 0.0335. The minimum absolute atomic E-state index is 0.0842. The number of imidazole rings is 4. The summed E-state index contributed by atoms with van der Waals surface area (Å²) in [5, 5.41) is 43.8. The second-order valence-corrected chi connectivity index (χ2v) is 34.0. The Kier molecular flexibility index (Phi) is 25.3. The van der Waals surface area contributed by atoms with Crippen molar-refractivity contribution in [1.82, 2.24) is 145 Å². The number of nitrogens with zero attached hydrogens (tertiary/aromatic N) is 21. The summed E-state index contributed by atoms with van der Waals surface area (Å²) < 4.78 is 61.0. The van der Waals surface area contributed by atoms with E-state index in [0.29, 0.717) is 209 Å². The van der Waals surface area contributed by atoms with Crippen LogP contribution < -0.4 is 21.3 Å². The molecule has 1 aliphatic heterocycles. The van der Waals surface area contributed by atoms with Crippen LogP contribution in [0.15, 0.2) is 270 Å². The van der Waals surface area contributed by atoms with Crippen molar-refractivity contribution < 1.29 is 41.5 Å². The van der Waals surface area contributed by atoms with Gasteiger partial charge in [0.05, 0.1) is 146 Å². The van der Waals surface area contributed by atoms with Crippen LogP contribution in [0.1, 0.15) is 40.0 Å². The Hall–Kier alpha value is -20.2. The molecule has 0 aliphatic carbocycles. The number of hydrogen-bond donors (Lipinski definition) is 12. The number of morpholine rings is 1. The van der Waals surface area contributed by atoms with Gasteiger partial charge in [-0.25, -0.2) is 62.2 Å². The number of rotatable bonds is 19. The molecule has 12 N–H and O–H groups in total. The Labute approximate surface area is 832 Å². The van der Waals surface area contributed by atoms with Gasteiger partial charge in [-0.05, 0) is 108 Å². The number of amides is 5. The van der Waals surface area contributed by atoms with Crippen LogP contribution in [0.25, 0.3) is 223 Å². The molecule has 21 heterocycles. The van der Waals surface area contributed by atoms with Gasteiger partial charge in [-0.15, -0.1) is 0 Å². The number of aromatic amines is 8. The van der Waals surface area contributed by atoms with Crippen molar-refractivity contribution in [3.05, 3.63) is 293 Å². The monoisotopic (exact) mass is 1970 g/mol. The lowest BCUT2D eigenvalue weighted by Gasteiger charge is -2.26. The minimum Gasteiger partial charge on any atom is -0.378 e. The molecule has 726 valence electrons. The molecule has 20 aromatic heterocycles. The number of carbonyl (C=O) groups is 4. The van der Waals surface area contributed by atoms with Gasteiger partial charge in [-0.2, -0.15) is 20.4 Å². The molecule has 1 aliphatic rings. The largest absolute Gasteiger partial charge is 0.378 e. The summed E-state index contributed by atoms with van der Waals surface area (Å²) in [4.78, 5) is 134. The Morgan fingerprint density at radius 3 is 0.966 bits per heavy atom. The van der Waals surface area contributed by atoms with E-state index in [0.717, 1.165) is 82.7 Å². The summed E-state index contributed by atoms with van der Waals surface area (Å²) in [5.41, 5.74) is 24.4. The molecular formula is C106H79F4N33O5. The maximum absolute atomic E-state index is 14.5. The highest BCUT2D eigenvalue weighted by Crippen LogP contribution is 2.41. The van der Waals surface area contributed by atoms with E-state index < -0.39 is 0 Å². The molecule has 25 rings (SSSR count). The van der Waals surface area contributed by atoms with E-state index in [2.05, 4.69) is 142 Å². The Morgan fingerprint density at radius 2 is 0.622 bits per heavy atom. The van der Waals surface area contributed by atoms with E-state index in [4.69, 9.17) is 24.7 Å². The first kappa shape index (κ1) is 92.8. The van der Waals surface area contributed by atoms with Crippen molar-refractivity contribution in [2.24, 2.45) is 0 Å². The van der Waals surface area contributed by atoms with Crippen LogP contribution in [-0.2, 0) is 19.1 Å². The van der Waals surface area contributed by atoms with E-state index in [-0.39, 0.29) is 47.0 Å². The molecule has 0 saturated carbocycles. The zero-order valence-corrected chi connectivity index (χ0v) is 78.3. The van der Waals surface area contributed by atoms with Gasteiger partial charge < -0.3 is 50.8 Å². The van der Waals surface area contributed by atoms with Crippen molar-refractivity contribution in [2.45, 2.75) is 40.0 Å². The second kappa shape index (κ2) is 40.4. The van der Waals surface area contributed by atoms with E-state index in [1.54, 1.807) is 192 Å². The molecule has 0 atom stereocenters. The second-order valence-electron chi connectivity index (χ2n) is 34.0. The van der Waals surface area contributed by atoms with Gasteiger partial charge in [0.15, 0.2) is 45.9 Å². The topological polar surface area (TPSA) is 513 Å². The lowest BCUT2D eigenvalue weighted by molar-refractivity contribution is -0.116. The zero-order chi connectivity index (χ0) is 101. The van der Waals surface area contributed by atoms with E-state index in [1.165, 1.54) is 42.5 Å². The number of benzene rings is 4. The average molecular weight is 1970 g/mol. The van der Waals surface area contributed by atoms with Gasteiger partial charge in [-0.1, -0.05) is 75.4 Å². The minimum atomic E-state index is -0.344. The van der Waals surface area contributed by atoms with Gasteiger partial charge in [0, 0.05) is 179 Å². The molecule has 0 unspecified atom stereocenters. The molecule has 5 amide bonds. The molecule has 4 aromatic carbocycles. The predicted octanol–water partition coefficient (Wildman–Crippen LogP) is 20.0.